The summed E-state index contributed by atoms with van der Waals surface area (Å²) in [7, 11) is 0. The fraction of sp³-hybridized carbons (Fsp3) is 0.167. The van der Waals surface area contributed by atoms with Gasteiger partial charge in [-0.15, -0.1) is 0 Å². The molecule has 0 radical (unpaired) electrons. The summed E-state index contributed by atoms with van der Waals surface area (Å²) in [6, 6.07) is 9.34. The average molecular weight is 340 g/mol. The Bertz CT molecular complexity index is 1070. The average Bonchev–Trinajstić information content (AvgIpc) is 2.63. The Morgan fingerprint density at radius 2 is 2.00 bits per heavy atom. The van der Waals surface area contributed by atoms with Crippen LogP contribution in [0.2, 0.25) is 0 Å². The molecule has 0 bridgehead atoms. The molecule has 3 aromatic rings. The Labute approximate surface area is 142 Å². The lowest BCUT2D eigenvalue weighted by Gasteiger charge is -2.18. The molecule has 1 aromatic heterocycles. The monoisotopic (exact) mass is 340 g/mol. The van der Waals surface area contributed by atoms with Crippen LogP contribution in [-0.2, 0) is 0 Å². The number of nitriles is 1. The summed E-state index contributed by atoms with van der Waals surface area (Å²) in [5, 5.41) is 8.62. The highest BCUT2D eigenvalue weighted by atomic mass is 19.1. The zero-order valence-corrected chi connectivity index (χ0v) is 13.3. The van der Waals surface area contributed by atoms with E-state index in [9.17, 15) is 13.6 Å². The van der Waals surface area contributed by atoms with Crippen LogP contribution >= 0.6 is 0 Å². The number of hydrogen-bond acceptors (Lipinski definition) is 4. The molecule has 126 valence electrons. The number of halogens is 2. The lowest BCUT2D eigenvalue weighted by molar-refractivity contribution is 0.596. The second kappa shape index (κ2) is 6.42. The van der Waals surface area contributed by atoms with Gasteiger partial charge in [0.1, 0.15) is 28.4 Å². The number of benzene rings is 2. The molecule has 0 amide bonds. The smallest absolute Gasteiger partial charge is 0.269 e. The van der Waals surface area contributed by atoms with Crippen molar-refractivity contribution in [3.05, 3.63) is 69.8 Å². The van der Waals surface area contributed by atoms with Crippen molar-refractivity contribution in [1.29, 1.82) is 5.26 Å². The second-order valence-electron chi connectivity index (χ2n) is 5.54. The Hall–Kier alpha value is -3.11. The summed E-state index contributed by atoms with van der Waals surface area (Å²) in [5.41, 5.74) is 5.57. The van der Waals surface area contributed by atoms with E-state index in [-0.39, 0.29) is 11.3 Å². The largest absolute Gasteiger partial charge is 0.321 e. The van der Waals surface area contributed by atoms with Crippen LogP contribution < -0.4 is 11.3 Å². The van der Waals surface area contributed by atoms with Gasteiger partial charge in [-0.25, -0.2) is 13.8 Å². The first-order valence-electron chi connectivity index (χ1n) is 7.64. The van der Waals surface area contributed by atoms with Crippen LogP contribution in [0, 0.1) is 23.0 Å². The van der Waals surface area contributed by atoms with E-state index in [0.29, 0.717) is 17.7 Å². The molecule has 5 nitrogen and oxygen atoms in total. The van der Waals surface area contributed by atoms with Crippen molar-refractivity contribution in [3.63, 3.8) is 0 Å². The van der Waals surface area contributed by atoms with Crippen molar-refractivity contribution in [2.75, 3.05) is 0 Å². The second-order valence-corrected chi connectivity index (χ2v) is 5.54. The maximum atomic E-state index is 14.2. The van der Waals surface area contributed by atoms with Crippen LogP contribution in [0.15, 0.2) is 41.2 Å². The number of rotatable bonds is 3. The summed E-state index contributed by atoms with van der Waals surface area (Å²) >= 11 is 0. The van der Waals surface area contributed by atoms with E-state index in [0.717, 1.165) is 16.7 Å². The Morgan fingerprint density at radius 3 is 2.68 bits per heavy atom. The molecule has 0 saturated carbocycles. The lowest BCUT2D eigenvalue weighted by atomic mass is 10.1. The maximum Gasteiger partial charge on any atom is 0.269 e. The zero-order chi connectivity index (χ0) is 18.1. The van der Waals surface area contributed by atoms with Crippen molar-refractivity contribution in [2.24, 2.45) is 5.73 Å². The molecule has 0 aliphatic carbocycles. The first-order chi connectivity index (χ1) is 12.0. The highest BCUT2D eigenvalue weighted by Gasteiger charge is 2.21. The molecule has 0 aliphatic rings. The summed E-state index contributed by atoms with van der Waals surface area (Å²) in [6.07, 6.45) is 0.437. The molecular weight excluding hydrogens is 326 g/mol. The van der Waals surface area contributed by atoms with Crippen molar-refractivity contribution < 1.29 is 8.78 Å². The van der Waals surface area contributed by atoms with Gasteiger partial charge in [-0.2, -0.15) is 5.26 Å². The van der Waals surface area contributed by atoms with Gasteiger partial charge in [-0.05, 0) is 36.8 Å². The minimum atomic E-state index is -0.865. The fourth-order valence-corrected chi connectivity index (χ4v) is 2.63. The number of nitrogens with zero attached hydrogens (tertiary/aromatic N) is 3. The van der Waals surface area contributed by atoms with Crippen LogP contribution in [-0.4, -0.2) is 9.55 Å². The number of nitrogens with two attached hydrogens (primary N) is 1. The van der Waals surface area contributed by atoms with Crippen LogP contribution in [0.3, 0.4) is 0 Å². The molecule has 25 heavy (non-hydrogen) atoms. The zero-order valence-electron chi connectivity index (χ0n) is 13.3. The normalized spacial score (nSPS) is 12.1. The van der Waals surface area contributed by atoms with E-state index < -0.39 is 28.6 Å². The standard InChI is InChI=1S/C18H14F2N4O/c1-2-14(22)17-23-16-13(20)7-6-12(19)15(16)18(25)24(17)11-5-3-4-10(8-11)9-21/h3-8,14H,2,22H2,1H3/t14-/m0/s1. The van der Waals surface area contributed by atoms with E-state index in [1.165, 1.54) is 6.07 Å². The van der Waals surface area contributed by atoms with Crippen LogP contribution in [0.4, 0.5) is 8.78 Å². The third-order valence-corrected chi connectivity index (χ3v) is 3.96. The quantitative estimate of drug-likeness (QED) is 0.794. The van der Waals surface area contributed by atoms with E-state index >= 15 is 0 Å². The molecule has 0 spiro atoms. The molecule has 3 rings (SSSR count). The van der Waals surface area contributed by atoms with E-state index in [2.05, 4.69) is 4.98 Å². The Kier molecular flexibility index (Phi) is 4.30. The molecule has 7 heteroatoms. The first-order valence-corrected chi connectivity index (χ1v) is 7.64. The van der Waals surface area contributed by atoms with Gasteiger partial charge >= 0.3 is 0 Å². The maximum absolute atomic E-state index is 14.2. The van der Waals surface area contributed by atoms with E-state index in [1.54, 1.807) is 25.1 Å². The highest BCUT2D eigenvalue weighted by molar-refractivity contribution is 5.79. The van der Waals surface area contributed by atoms with Gasteiger partial charge in [0, 0.05) is 0 Å². The van der Waals surface area contributed by atoms with Crippen molar-refractivity contribution >= 4 is 10.9 Å². The predicted molar refractivity (Wildman–Crippen MR) is 89.2 cm³/mol. The molecule has 0 aliphatic heterocycles. The third-order valence-electron chi connectivity index (χ3n) is 3.96. The Balaban J connectivity index is 2.48. The molecule has 2 aromatic carbocycles. The van der Waals surface area contributed by atoms with Crippen molar-refractivity contribution in [2.45, 2.75) is 19.4 Å². The van der Waals surface area contributed by atoms with Crippen LogP contribution in [0.25, 0.3) is 16.6 Å². The summed E-state index contributed by atoms with van der Waals surface area (Å²) in [6.45, 7) is 1.79. The van der Waals surface area contributed by atoms with Crippen molar-refractivity contribution in [1.82, 2.24) is 9.55 Å². The molecular formula is C18H14F2N4O. The van der Waals surface area contributed by atoms with Gasteiger partial charge in [0.15, 0.2) is 0 Å². The summed E-state index contributed by atoms with van der Waals surface area (Å²) in [5.74, 6) is -1.55. The minimum Gasteiger partial charge on any atom is -0.321 e. The molecule has 0 saturated heterocycles. The molecule has 0 fully saturated rings. The number of fused-ring (bicyclic) bond motifs is 1. The first kappa shape index (κ1) is 16.7. The number of hydrogen-bond donors (Lipinski definition) is 1. The SMILES string of the molecule is CC[C@H](N)c1nc2c(F)ccc(F)c2c(=O)n1-c1cccc(C#N)c1. The lowest BCUT2D eigenvalue weighted by Crippen LogP contribution is -2.29. The summed E-state index contributed by atoms with van der Waals surface area (Å²) < 4.78 is 29.4. The Morgan fingerprint density at radius 1 is 1.28 bits per heavy atom. The number of aromatic nitrogens is 2. The molecule has 2 N–H and O–H groups in total. The van der Waals surface area contributed by atoms with Gasteiger partial charge in [-0.1, -0.05) is 13.0 Å². The minimum absolute atomic E-state index is 0.111. The van der Waals surface area contributed by atoms with Gasteiger partial charge in [0.25, 0.3) is 5.56 Å². The van der Waals surface area contributed by atoms with Crippen LogP contribution in [0.1, 0.15) is 30.8 Å². The topological polar surface area (TPSA) is 84.7 Å². The molecule has 0 unspecified atom stereocenters. The van der Waals surface area contributed by atoms with Gasteiger partial charge in [-0.3, -0.25) is 9.36 Å². The van der Waals surface area contributed by atoms with E-state index in [1.807, 2.05) is 6.07 Å². The fourth-order valence-electron chi connectivity index (χ4n) is 2.63. The van der Waals surface area contributed by atoms with Crippen LogP contribution in [0.5, 0.6) is 0 Å². The van der Waals surface area contributed by atoms with Gasteiger partial charge in [0.05, 0.1) is 23.4 Å². The van der Waals surface area contributed by atoms with E-state index in [4.69, 9.17) is 11.0 Å². The molecule has 1 atom stereocenters. The van der Waals surface area contributed by atoms with Gasteiger partial charge < -0.3 is 5.73 Å². The highest BCUT2D eigenvalue weighted by Crippen LogP contribution is 2.22. The van der Waals surface area contributed by atoms with Gasteiger partial charge in [0.2, 0.25) is 0 Å². The summed E-state index contributed by atoms with van der Waals surface area (Å²) in [4.78, 5) is 17.1. The van der Waals surface area contributed by atoms with Crippen molar-refractivity contribution in [3.8, 4) is 11.8 Å². The third kappa shape index (κ3) is 2.77. The molecule has 1 heterocycles. The predicted octanol–water partition coefficient (Wildman–Crippen LogP) is 2.95.